The van der Waals surface area contributed by atoms with Crippen LogP contribution in [-0.4, -0.2) is 80.6 Å². The molecule has 0 saturated carbocycles. The Morgan fingerprint density at radius 1 is 1.26 bits per heavy atom. The van der Waals surface area contributed by atoms with Crippen LogP contribution in [0.1, 0.15) is 26.7 Å². The predicted molar refractivity (Wildman–Crippen MR) is 145 cm³/mol. The number of hydrogen-bond donors (Lipinski definition) is 1. The van der Waals surface area contributed by atoms with Crippen molar-refractivity contribution in [3.8, 4) is 11.3 Å². The van der Waals surface area contributed by atoms with Crippen LogP contribution in [0.25, 0.3) is 22.4 Å². The average Bonchev–Trinajstić information content (AvgIpc) is 3.43. The van der Waals surface area contributed by atoms with Gasteiger partial charge in [0, 0.05) is 49.3 Å². The third-order valence-corrected chi connectivity index (χ3v) is 7.47. The molecule has 35 heavy (non-hydrogen) atoms. The third-order valence-electron chi connectivity index (χ3n) is 6.08. The van der Waals surface area contributed by atoms with Crippen LogP contribution in [-0.2, 0) is 16.3 Å². The van der Waals surface area contributed by atoms with Gasteiger partial charge in [-0.05, 0) is 49.3 Å². The summed E-state index contributed by atoms with van der Waals surface area (Å²) >= 11 is 0. The largest absolute Gasteiger partial charge is 0.365 e. The Morgan fingerprint density at radius 2 is 2.09 bits per heavy atom. The fourth-order valence-corrected chi connectivity index (χ4v) is 4.79. The molecule has 0 aromatic carbocycles. The molecule has 1 aliphatic heterocycles. The Morgan fingerprint density at radius 3 is 2.86 bits per heavy atom. The van der Waals surface area contributed by atoms with E-state index in [-0.39, 0.29) is 11.9 Å². The molecule has 1 amide bonds. The fraction of sp³-hybridized carbons (Fsp3) is 0.538. The molecule has 190 valence electrons. The van der Waals surface area contributed by atoms with Gasteiger partial charge in [-0.15, -0.1) is 0 Å². The molecule has 0 radical (unpaired) electrons. The molecular weight excluding hydrogens is 460 g/mol. The minimum absolute atomic E-state index is 0.171. The number of fused-ring (bicyclic) bond motifs is 1. The molecule has 1 aliphatic rings. The van der Waals surface area contributed by atoms with E-state index in [0.29, 0.717) is 25.6 Å². The van der Waals surface area contributed by atoms with Crippen LogP contribution in [0.4, 0.5) is 5.82 Å². The predicted octanol–water partition coefficient (Wildman–Crippen LogP) is 4.22. The van der Waals surface area contributed by atoms with Gasteiger partial charge in [-0.2, -0.15) is 0 Å². The average molecular weight is 499 g/mol. The molecule has 0 aliphatic carbocycles. The van der Waals surface area contributed by atoms with Crippen molar-refractivity contribution < 1.29 is 9.53 Å². The highest BCUT2D eigenvalue weighted by Crippen LogP contribution is 2.33. The first-order valence-corrected chi connectivity index (χ1v) is 15.3. The monoisotopic (exact) mass is 498 g/mol. The van der Waals surface area contributed by atoms with Crippen molar-refractivity contribution in [2.75, 3.05) is 49.5 Å². The van der Waals surface area contributed by atoms with Crippen molar-refractivity contribution in [3.63, 3.8) is 0 Å². The molecular formula is C26H38N6O2S. The summed E-state index contributed by atoms with van der Waals surface area (Å²) in [6.07, 6.45) is 13.9. The van der Waals surface area contributed by atoms with E-state index in [0.717, 1.165) is 53.6 Å². The third kappa shape index (κ3) is 6.73. The zero-order valence-corrected chi connectivity index (χ0v) is 22.3. The summed E-state index contributed by atoms with van der Waals surface area (Å²) < 4.78 is 7.88. The highest BCUT2D eigenvalue weighted by molar-refractivity contribution is 8.32. The van der Waals surface area contributed by atoms with E-state index in [2.05, 4.69) is 42.9 Å². The van der Waals surface area contributed by atoms with Gasteiger partial charge in [-0.25, -0.2) is 25.0 Å². The number of nitrogens with one attached hydrogen (secondary N) is 1. The first kappa shape index (κ1) is 25.4. The molecule has 1 unspecified atom stereocenters. The normalized spacial score (nSPS) is 16.9. The summed E-state index contributed by atoms with van der Waals surface area (Å²) in [6, 6.07) is 6.07. The van der Waals surface area contributed by atoms with Crippen molar-refractivity contribution >= 4 is 32.9 Å². The molecule has 1 fully saturated rings. The number of likely N-dealkylation sites (tertiary alicyclic amines) is 1. The maximum atomic E-state index is 12.4. The lowest BCUT2D eigenvalue weighted by Crippen LogP contribution is -2.32. The van der Waals surface area contributed by atoms with Crippen LogP contribution in [0.3, 0.4) is 0 Å². The molecule has 4 rings (SSSR count). The first-order valence-electron chi connectivity index (χ1n) is 12.2. The Kier molecular flexibility index (Phi) is 7.96. The lowest BCUT2D eigenvalue weighted by Gasteiger charge is -2.24. The SMILES string of the molecule is CC(C)CC(=O)N1CCC(Nc2ncccc2-c2cnc3c(ccn3COCCS(C)(C)C)n2)C1. The van der Waals surface area contributed by atoms with E-state index >= 15 is 0 Å². The zero-order chi connectivity index (χ0) is 25.0. The molecule has 3 aromatic rings. The number of ether oxygens (including phenoxy) is 1. The number of pyridine rings is 1. The molecule has 9 heteroatoms. The van der Waals surface area contributed by atoms with Gasteiger partial charge >= 0.3 is 0 Å². The van der Waals surface area contributed by atoms with Gasteiger partial charge in [-0.1, -0.05) is 13.8 Å². The van der Waals surface area contributed by atoms with Crippen LogP contribution in [0.5, 0.6) is 0 Å². The molecule has 8 nitrogen and oxygen atoms in total. The van der Waals surface area contributed by atoms with E-state index in [1.165, 1.54) is 0 Å². The summed E-state index contributed by atoms with van der Waals surface area (Å²) in [5.41, 5.74) is 3.32. The standard InChI is InChI=1S/C26H38N6O2S/c1-19(2)15-24(33)31-11-8-20(17-31)29-25-21(7-6-10-27-25)23-16-28-26-22(30-23)9-12-32(26)18-34-13-14-35(3,4)5/h6-7,9-10,12,16,19-20H,8,11,13-15,17-18H2,1-5H3,(H,27,29). The van der Waals surface area contributed by atoms with Crippen LogP contribution >= 0.6 is 10.0 Å². The number of amides is 1. The number of aromatic nitrogens is 4. The minimum atomic E-state index is -0.563. The number of hydrogen-bond acceptors (Lipinski definition) is 6. The lowest BCUT2D eigenvalue weighted by molar-refractivity contribution is -0.130. The topological polar surface area (TPSA) is 85.2 Å². The van der Waals surface area contributed by atoms with E-state index < -0.39 is 10.0 Å². The van der Waals surface area contributed by atoms with E-state index in [9.17, 15) is 4.79 Å². The second-order valence-corrected chi connectivity index (χ2v) is 15.1. The molecule has 1 saturated heterocycles. The summed E-state index contributed by atoms with van der Waals surface area (Å²) in [7, 11) is -0.563. The molecule has 3 aromatic heterocycles. The minimum Gasteiger partial charge on any atom is -0.365 e. The van der Waals surface area contributed by atoms with Crippen molar-refractivity contribution in [2.24, 2.45) is 5.92 Å². The second-order valence-electron chi connectivity index (χ2n) is 10.5. The molecule has 0 bridgehead atoms. The Balaban J connectivity index is 1.44. The van der Waals surface area contributed by atoms with Crippen LogP contribution in [0, 0.1) is 5.92 Å². The van der Waals surface area contributed by atoms with E-state index in [4.69, 9.17) is 14.7 Å². The van der Waals surface area contributed by atoms with E-state index in [1.54, 1.807) is 12.4 Å². The summed E-state index contributed by atoms with van der Waals surface area (Å²) in [5, 5.41) is 3.55. The fourth-order valence-electron chi connectivity index (χ4n) is 4.17. The van der Waals surface area contributed by atoms with Crippen LogP contribution in [0.15, 0.2) is 36.8 Å². The summed E-state index contributed by atoms with van der Waals surface area (Å²) in [4.78, 5) is 28.6. The maximum Gasteiger partial charge on any atom is 0.222 e. The molecule has 4 heterocycles. The number of nitrogens with zero attached hydrogens (tertiary/aromatic N) is 5. The maximum absolute atomic E-state index is 12.4. The molecule has 1 N–H and O–H groups in total. The van der Waals surface area contributed by atoms with Crippen molar-refractivity contribution in [1.82, 2.24) is 24.4 Å². The smallest absolute Gasteiger partial charge is 0.222 e. The Bertz CT molecular complexity index is 1160. The van der Waals surface area contributed by atoms with E-state index in [1.807, 2.05) is 33.9 Å². The number of rotatable bonds is 10. The second kappa shape index (κ2) is 11.0. The van der Waals surface area contributed by atoms with Crippen molar-refractivity contribution in [3.05, 3.63) is 36.8 Å². The van der Waals surface area contributed by atoms with Gasteiger partial charge in [-0.3, -0.25) is 4.79 Å². The Hall–Kier alpha value is -2.65. The highest BCUT2D eigenvalue weighted by atomic mass is 32.3. The number of carbonyl (C=O) groups excluding carboxylic acids is 1. The first-order chi connectivity index (χ1) is 16.7. The van der Waals surface area contributed by atoms with Gasteiger partial charge in [0.1, 0.15) is 18.1 Å². The number of anilines is 1. The summed E-state index contributed by atoms with van der Waals surface area (Å²) in [6.45, 7) is 6.86. The molecule has 1 atom stereocenters. The lowest BCUT2D eigenvalue weighted by atomic mass is 10.1. The van der Waals surface area contributed by atoms with Gasteiger partial charge in [0.25, 0.3) is 0 Å². The van der Waals surface area contributed by atoms with Gasteiger partial charge in [0.2, 0.25) is 5.91 Å². The van der Waals surface area contributed by atoms with Crippen LogP contribution < -0.4 is 5.32 Å². The zero-order valence-electron chi connectivity index (χ0n) is 21.5. The highest BCUT2D eigenvalue weighted by Gasteiger charge is 2.27. The molecule has 0 spiro atoms. The van der Waals surface area contributed by atoms with Crippen molar-refractivity contribution in [1.29, 1.82) is 0 Å². The van der Waals surface area contributed by atoms with Gasteiger partial charge < -0.3 is 19.5 Å². The van der Waals surface area contributed by atoms with Crippen LogP contribution in [0.2, 0.25) is 0 Å². The van der Waals surface area contributed by atoms with Gasteiger partial charge in [0.05, 0.1) is 18.5 Å². The van der Waals surface area contributed by atoms with Crippen molar-refractivity contribution in [2.45, 2.75) is 39.5 Å². The summed E-state index contributed by atoms with van der Waals surface area (Å²) in [5.74, 6) is 2.46. The number of carbonyl (C=O) groups is 1. The Labute approximate surface area is 209 Å². The van der Waals surface area contributed by atoms with Gasteiger partial charge in [0.15, 0.2) is 5.65 Å². The quantitative estimate of drug-likeness (QED) is 0.421.